The Balaban J connectivity index is 2.76. The molecule has 0 saturated heterocycles. The number of para-hydroxylation sites is 1. The van der Waals surface area contributed by atoms with Crippen LogP contribution in [0, 0.1) is 6.92 Å². The van der Waals surface area contributed by atoms with Gasteiger partial charge in [-0.2, -0.15) is 0 Å². The van der Waals surface area contributed by atoms with Crippen molar-refractivity contribution in [2.24, 2.45) is 0 Å². The number of furan rings is 1. The molecule has 3 nitrogen and oxygen atoms in total. The number of methoxy groups -OCH3 is 1. The molecule has 0 spiro atoms. The maximum Gasteiger partial charge on any atom is 0.330 e. The van der Waals surface area contributed by atoms with Gasteiger partial charge in [0, 0.05) is 17.0 Å². The van der Waals surface area contributed by atoms with Crippen molar-refractivity contribution >= 4 is 36.5 Å². The zero-order chi connectivity index (χ0) is 17.4. The van der Waals surface area contributed by atoms with Crippen molar-refractivity contribution in [3.05, 3.63) is 35.4 Å². The summed E-state index contributed by atoms with van der Waals surface area (Å²) in [6.07, 6.45) is 3.32. The Hall–Kier alpha value is -1.81. The highest BCUT2D eigenvalue weighted by Gasteiger charge is 2.42. The zero-order valence-corrected chi connectivity index (χ0v) is 16.1. The van der Waals surface area contributed by atoms with Crippen molar-refractivity contribution < 1.29 is 13.9 Å². The molecule has 4 heteroatoms. The molecule has 0 N–H and O–H groups in total. The summed E-state index contributed by atoms with van der Waals surface area (Å²) >= 11 is 0. The van der Waals surface area contributed by atoms with Crippen molar-refractivity contribution in [1.29, 1.82) is 0 Å². The molecule has 0 aliphatic heterocycles. The standard InChI is InChI=1S/C19H26O3Si/c1-13-9-8-10-14-15(11-12-16(20)21-5)18(22-17(13)14)23(6,7)19(2,3)4/h8-12H,1-7H3/b12-11+. The van der Waals surface area contributed by atoms with Crippen LogP contribution in [0.5, 0.6) is 0 Å². The van der Waals surface area contributed by atoms with Gasteiger partial charge in [-0.05, 0) is 23.6 Å². The van der Waals surface area contributed by atoms with E-state index in [1.165, 1.54) is 13.2 Å². The van der Waals surface area contributed by atoms with Gasteiger partial charge in [0.15, 0.2) is 0 Å². The summed E-state index contributed by atoms with van der Waals surface area (Å²) in [6.45, 7) is 13.5. The highest BCUT2D eigenvalue weighted by molar-refractivity contribution is 6.91. The molecule has 2 rings (SSSR count). The maximum atomic E-state index is 11.5. The number of esters is 1. The highest BCUT2D eigenvalue weighted by atomic mass is 28.3. The molecule has 0 radical (unpaired) electrons. The Bertz CT molecular complexity index is 761. The molecule has 0 amide bonds. The summed E-state index contributed by atoms with van der Waals surface area (Å²) in [7, 11) is -0.496. The van der Waals surface area contributed by atoms with Gasteiger partial charge < -0.3 is 9.15 Å². The fraction of sp³-hybridized carbons (Fsp3) is 0.421. The second-order valence-corrected chi connectivity index (χ2v) is 12.7. The number of fused-ring (bicyclic) bond motifs is 1. The van der Waals surface area contributed by atoms with Crippen molar-refractivity contribution in [3.8, 4) is 0 Å². The third-order valence-corrected chi connectivity index (χ3v) is 10.2. The van der Waals surface area contributed by atoms with Crippen molar-refractivity contribution in [3.63, 3.8) is 0 Å². The van der Waals surface area contributed by atoms with Gasteiger partial charge in [0.25, 0.3) is 0 Å². The van der Waals surface area contributed by atoms with Crippen molar-refractivity contribution in [2.45, 2.75) is 45.8 Å². The molecule has 0 aliphatic rings. The van der Waals surface area contributed by atoms with Gasteiger partial charge in [0.2, 0.25) is 0 Å². The molecule has 1 heterocycles. The quantitative estimate of drug-likeness (QED) is 0.467. The number of carbonyl (C=O) groups is 1. The molecule has 0 fully saturated rings. The van der Waals surface area contributed by atoms with E-state index in [4.69, 9.17) is 9.15 Å². The minimum Gasteiger partial charge on any atom is -0.466 e. The Morgan fingerprint density at radius 1 is 1.26 bits per heavy atom. The SMILES string of the molecule is COC(=O)/C=C/c1c([Si](C)(C)C(C)(C)C)oc2c(C)cccc12. The smallest absolute Gasteiger partial charge is 0.330 e. The van der Waals surface area contributed by atoms with Crippen molar-refractivity contribution in [1.82, 2.24) is 0 Å². The van der Waals surface area contributed by atoms with Crippen LogP contribution in [0.3, 0.4) is 0 Å². The largest absolute Gasteiger partial charge is 0.466 e. The molecule has 0 aliphatic carbocycles. The molecule has 1 aromatic carbocycles. The minimum atomic E-state index is -1.88. The van der Waals surface area contributed by atoms with Gasteiger partial charge in [-0.1, -0.05) is 52.1 Å². The Labute approximate surface area is 139 Å². The average molecular weight is 331 g/mol. The van der Waals surface area contributed by atoms with Crippen LogP contribution >= 0.6 is 0 Å². The third-order valence-electron chi connectivity index (χ3n) is 4.98. The number of hydrogen-bond donors (Lipinski definition) is 0. The summed E-state index contributed by atoms with van der Waals surface area (Å²) in [5.74, 6) is -0.354. The first-order valence-corrected chi connectivity index (χ1v) is 10.9. The number of rotatable bonds is 3. The molecule has 0 bridgehead atoms. The van der Waals surface area contributed by atoms with E-state index in [0.717, 1.165) is 27.5 Å². The first-order valence-electron chi connectivity index (χ1n) is 7.88. The molecular formula is C19H26O3Si. The number of hydrogen-bond acceptors (Lipinski definition) is 3. The number of aryl methyl sites for hydroxylation is 1. The van der Waals surface area contributed by atoms with Crippen LogP contribution in [0.15, 0.2) is 28.7 Å². The molecule has 0 saturated carbocycles. The Morgan fingerprint density at radius 2 is 1.91 bits per heavy atom. The first kappa shape index (κ1) is 17.5. The van der Waals surface area contributed by atoms with E-state index in [2.05, 4.69) is 52.9 Å². The fourth-order valence-electron chi connectivity index (χ4n) is 2.47. The predicted molar refractivity (Wildman–Crippen MR) is 98.8 cm³/mol. The van der Waals surface area contributed by atoms with E-state index in [-0.39, 0.29) is 11.0 Å². The van der Waals surface area contributed by atoms with Crippen LogP contribution in [-0.4, -0.2) is 21.2 Å². The normalized spacial score (nSPS) is 13.0. The highest BCUT2D eigenvalue weighted by Crippen LogP contribution is 2.38. The maximum absolute atomic E-state index is 11.5. The van der Waals surface area contributed by atoms with E-state index < -0.39 is 8.07 Å². The topological polar surface area (TPSA) is 39.4 Å². The predicted octanol–water partition coefficient (Wildman–Crippen LogP) is 4.64. The monoisotopic (exact) mass is 330 g/mol. The van der Waals surface area contributed by atoms with Crippen LogP contribution in [-0.2, 0) is 9.53 Å². The zero-order valence-electron chi connectivity index (χ0n) is 15.1. The summed E-state index contributed by atoms with van der Waals surface area (Å²) in [5.41, 5.74) is 3.04. The minimum absolute atomic E-state index is 0.142. The van der Waals surface area contributed by atoms with E-state index in [9.17, 15) is 4.79 Å². The number of ether oxygens (including phenoxy) is 1. The lowest BCUT2D eigenvalue weighted by Gasteiger charge is -2.35. The van der Waals surface area contributed by atoms with Crippen LogP contribution in [0.25, 0.3) is 17.0 Å². The van der Waals surface area contributed by atoms with E-state index in [1.807, 2.05) is 12.1 Å². The lowest BCUT2D eigenvalue weighted by atomic mass is 10.1. The first-order chi connectivity index (χ1) is 10.6. The summed E-state index contributed by atoms with van der Waals surface area (Å²) in [4.78, 5) is 11.5. The summed E-state index contributed by atoms with van der Waals surface area (Å²) in [5, 5.41) is 2.24. The average Bonchev–Trinajstić information content (AvgIpc) is 2.84. The second-order valence-electron chi connectivity index (χ2n) is 7.53. The fourth-order valence-corrected chi connectivity index (χ4v) is 4.40. The number of carbonyl (C=O) groups excluding carboxylic acids is 1. The molecule has 0 atom stereocenters. The van der Waals surface area contributed by atoms with Crippen LogP contribution in [0.4, 0.5) is 0 Å². The van der Waals surface area contributed by atoms with E-state index in [0.29, 0.717) is 0 Å². The third kappa shape index (κ3) is 3.13. The van der Waals surface area contributed by atoms with Crippen LogP contribution in [0.1, 0.15) is 31.9 Å². The van der Waals surface area contributed by atoms with Gasteiger partial charge in [0.1, 0.15) is 13.7 Å². The molecule has 0 unspecified atom stereocenters. The molecule has 2 aromatic rings. The van der Waals surface area contributed by atoms with E-state index >= 15 is 0 Å². The summed E-state index contributed by atoms with van der Waals surface area (Å²) in [6, 6.07) is 6.13. The molecular weight excluding hydrogens is 304 g/mol. The van der Waals surface area contributed by atoms with Gasteiger partial charge in [0.05, 0.1) is 12.5 Å². The summed E-state index contributed by atoms with van der Waals surface area (Å²) < 4.78 is 11.1. The molecule has 124 valence electrons. The molecule has 23 heavy (non-hydrogen) atoms. The van der Waals surface area contributed by atoms with Crippen molar-refractivity contribution in [2.75, 3.05) is 7.11 Å². The van der Waals surface area contributed by atoms with Crippen LogP contribution in [0.2, 0.25) is 18.1 Å². The van der Waals surface area contributed by atoms with Crippen LogP contribution < -0.4 is 5.38 Å². The van der Waals surface area contributed by atoms with Gasteiger partial charge in [-0.3, -0.25) is 0 Å². The van der Waals surface area contributed by atoms with E-state index in [1.54, 1.807) is 0 Å². The lowest BCUT2D eigenvalue weighted by molar-refractivity contribution is -0.134. The van der Waals surface area contributed by atoms with Gasteiger partial charge in [-0.15, -0.1) is 0 Å². The second kappa shape index (κ2) is 6.00. The Morgan fingerprint density at radius 3 is 2.48 bits per heavy atom. The number of benzene rings is 1. The Kier molecular flexibility index (Phi) is 4.58. The lowest BCUT2D eigenvalue weighted by Crippen LogP contribution is -2.49. The van der Waals surface area contributed by atoms with Gasteiger partial charge >= 0.3 is 5.97 Å². The molecule has 1 aromatic heterocycles. The van der Waals surface area contributed by atoms with Gasteiger partial charge in [-0.25, -0.2) is 4.79 Å².